The maximum atomic E-state index is 8.82. The Balaban J connectivity index is 4.16. The Morgan fingerprint density at radius 1 is 0.619 bits per heavy atom. The number of hydrogen-bond donors (Lipinski definition) is 2. The summed E-state index contributed by atoms with van der Waals surface area (Å²) < 4.78 is 12.2. The van der Waals surface area contributed by atoms with Crippen LogP contribution >= 0.6 is 0 Å². The second-order valence-electron chi connectivity index (χ2n) is 5.55. The Hall–Kier alpha value is 0.0569. The lowest BCUT2D eigenvalue weighted by Gasteiger charge is -2.30. The zero-order valence-electron chi connectivity index (χ0n) is 14.1. The molecule has 0 fully saturated rings. The smallest absolute Gasteiger partial charge is 0.338 e. The summed E-state index contributed by atoms with van der Waals surface area (Å²) in [5.41, 5.74) is 0. The molecule has 0 spiro atoms. The van der Waals surface area contributed by atoms with Crippen molar-refractivity contribution in [3.63, 3.8) is 0 Å². The molecule has 0 aromatic rings. The fourth-order valence-electron chi connectivity index (χ4n) is 2.70. The maximum Gasteiger partial charge on any atom is 0.338 e. The molecule has 0 atom stereocenters. The van der Waals surface area contributed by atoms with Gasteiger partial charge in [-0.05, 0) is 38.8 Å². The Morgan fingerprint density at radius 3 is 1.33 bits per heavy atom. The molecule has 0 bridgehead atoms. The standard InChI is InChI=1S/C16H36O4Si/c1-3-19-21(20-4-2,15-11-7-5-9-13-17)16-12-8-6-10-14-18/h17-18H,3-16H2,1-2H3. The van der Waals surface area contributed by atoms with Crippen molar-refractivity contribution in [2.24, 2.45) is 0 Å². The van der Waals surface area contributed by atoms with E-state index in [0.29, 0.717) is 13.2 Å². The lowest BCUT2D eigenvalue weighted by Crippen LogP contribution is -2.42. The van der Waals surface area contributed by atoms with Gasteiger partial charge in [-0.3, -0.25) is 0 Å². The second-order valence-corrected chi connectivity index (χ2v) is 8.95. The zero-order valence-corrected chi connectivity index (χ0v) is 15.1. The molecule has 5 heteroatoms. The van der Waals surface area contributed by atoms with Crippen LogP contribution in [0.2, 0.25) is 12.1 Å². The Kier molecular flexibility index (Phi) is 15.0. The third-order valence-electron chi connectivity index (χ3n) is 3.75. The van der Waals surface area contributed by atoms with Crippen LogP contribution in [-0.2, 0) is 8.85 Å². The van der Waals surface area contributed by atoms with Crippen LogP contribution < -0.4 is 0 Å². The molecule has 0 aliphatic rings. The van der Waals surface area contributed by atoms with E-state index < -0.39 is 8.56 Å². The molecule has 0 aromatic carbocycles. The van der Waals surface area contributed by atoms with Crippen LogP contribution in [0.1, 0.15) is 65.2 Å². The van der Waals surface area contributed by atoms with Crippen molar-refractivity contribution >= 4 is 8.56 Å². The Labute approximate surface area is 132 Å². The number of aliphatic hydroxyl groups excluding tert-OH is 2. The van der Waals surface area contributed by atoms with E-state index in [1.165, 1.54) is 0 Å². The predicted octanol–water partition coefficient (Wildman–Crippen LogP) is 3.61. The molecular formula is C16H36O4Si. The van der Waals surface area contributed by atoms with Gasteiger partial charge >= 0.3 is 8.56 Å². The van der Waals surface area contributed by atoms with Crippen LogP contribution in [0.25, 0.3) is 0 Å². The summed E-state index contributed by atoms with van der Waals surface area (Å²) in [4.78, 5) is 0. The first kappa shape index (κ1) is 21.1. The van der Waals surface area contributed by atoms with Gasteiger partial charge < -0.3 is 19.1 Å². The highest BCUT2D eigenvalue weighted by molar-refractivity contribution is 6.67. The van der Waals surface area contributed by atoms with E-state index in [-0.39, 0.29) is 0 Å². The first-order valence-corrected chi connectivity index (χ1v) is 11.0. The van der Waals surface area contributed by atoms with Gasteiger partial charge in [0, 0.05) is 26.4 Å². The highest BCUT2D eigenvalue weighted by Gasteiger charge is 2.35. The van der Waals surface area contributed by atoms with Crippen molar-refractivity contribution in [2.75, 3.05) is 26.4 Å². The van der Waals surface area contributed by atoms with E-state index in [0.717, 1.165) is 76.7 Å². The van der Waals surface area contributed by atoms with Gasteiger partial charge in [0.2, 0.25) is 0 Å². The van der Waals surface area contributed by atoms with Crippen LogP contribution in [0.5, 0.6) is 0 Å². The average Bonchev–Trinajstić information content (AvgIpc) is 2.47. The number of aliphatic hydroxyl groups is 2. The Bertz CT molecular complexity index is 192. The number of rotatable bonds is 16. The van der Waals surface area contributed by atoms with E-state index in [1.807, 2.05) is 0 Å². The van der Waals surface area contributed by atoms with E-state index in [1.54, 1.807) is 0 Å². The fraction of sp³-hybridized carbons (Fsp3) is 1.00. The molecule has 128 valence electrons. The average molecular weight is 321 g/mol. The summed E-state index contributed by atoms with van der Waals surface area (Å²) in [5, 5.41) is 17.6. The molecule has 0 saturated heterocycles. The maximum absolute atomic E-state index is 8.82. The van der Waals surface area contributed by atoms with Gasteiger partial charge in [-0.25, -0.2) is 0 Å². The van der Waals surface area contributed by atoms with Gasteiger partial charge in [-0.2, -0.15) is 0 Å². The zero-order chi connectivity index (χ0) is 15.8. The summed E-state index contributed by atoms with van der Waals surface area (Å²) >= 11 is 0. The summed E-state index contributed by atoms with van der Waals surface area (Å²) in [6, 6.07) is 2.14. The second kappa shape index (κ2) is 15.0. The van der Waals surface area contributed by atoms with E-state index in [2.05, 4.69) is 13.8 Å². The minimum Gasteiger partial charge on any atom is -0.396 e. The van der Waals surface area contributed by atoms with Gasteiger partial charge in [0.15, 0.2) is 0 Å². The molecule has 21 heavy (non-hydrogen) atoms. The van der Waals surface area contributed by atoms with Gasteiger partial charge in [-0.1, -0.05) is 38.5 Å². The van der Waals surface area contributed by atoms with E-state index in [9.17, 15) is 0 Å². The minimum atomic E-state index is -2.04. The van der Waals surface area contributed by atoms with Crippen LogP contribution in [0.15, 0.2) is 0 Å². The van der Waals surface area contributed by atoms with Gasteiger partial charge in [0.1, 0.15) is 0 Å². The molecule has 2 N–H and O–H groups in total. The summed E-state index contributed by atoms with van der Waals surface area (Å²) in [5.74, 6) is 0. The van der Waals surface area contributed by atoms with Crippen LogP contribution in [0, 0.1) is 0 Å². The van der Waals surface area contributed by atoms with Crippen molar-refractivity contribution in [3.8, 4) is 0 Å². The highest BCUT2D eigenvalue weighted by atomic mass is 28.4. The minimum absolute atomic E-state index is 0.296. The molecular weight excluding hydrogens is 284 g/mol. The molecule has 0 amide bonds. The first-order chi connectivity index (χ1) is 10.2. The molecule has 4 nitrogen and oxygen atoms in total. The number of hydrogen-bond acceptors (Lipinski definition) is 4. The summed E-state index contributed by atoms with van der Waals surface area (Å²) in [6.45, 7) is 6.17. The summed E-state index contributed by atoms with van der Waals surface area (Å²) in [6.07, 6.45) is 8.58. The molecule has 0 aromatic heterocycles. The lowest BCUT2D eigenvalue weighted by molar-refractivity contribution is 0.180. The van der Waals surface area contributed by atoms with Crippen molar-refractivity contribution in [2.45, 2.75) is 77.3 Å². The topological polar surface area (TPSA) is 58.9 Å². The molecule has 0 unspecified atom stereocenters. The highest BCUT2D eigenvalue weighted by Crippen LogP contribution is 2.26. The largest absolute Gasteiger partial charge is 0.396 e. The van der Waals surface area contributed by atoms with Crippen molar-refractivity contribution in [3.05, 3.63) is 0 Å². The first-order valence-electron chi connectivity index (χ1n) is 8.74. The predicted molar refractivity (Wildman–Crippen MR) is 89.7 cm³/mol. The van der Waals surface area contributed by atoms with Crippen molar-refractivity contribution in [1.82, 2.24) is 0 Å². The van der Waals surface area contributed by atoms with Gasteiger partial charge in [0.25, 0.3) is 0 Å². The third-order valence-corrected chi connectivity index (χ3v) is 7.61. The molecule has 0 aliphatic heterocycles. The SMILES string of the molecule is CCO[Si](CCCCCCO)(CCCCCCO)OCC. The van der Waals surface area contributed by atoms with Crippen molar-refractivity contribution < 1.29 is 19.1 Å². The lowest BCUT2D eigenvalue weighted by atomic mass is 10.2. The van der Waals surface area contributed by atoms with Crippen LogP contribution in [0.3, 0.4) is 0 Å². The number of unbranched alkanes of at least 4 members (excludes halogenated alkanes) is 6. The molecule has 0 radical (unpaired) electrons. The molecule has 0 heterocycles. The molecule has 0 saturated carbocycles. The third kappa shape index (κ3) is 11.3. The van der Waals surface area contributed by atoms with Gasteiger partial charge in [-0.15, -0.1) is 0 Å². The van der Waals surface area contributed by atoms with E-state index >= 15 is 0 Å². The normalized spacial score (nSPS) is 12.0. The van der Waals surface area contributed by atoms with E-state index in [4.69, 9.17) is 19.1 Å². The van der Waals surface area contributed by atoms with Crippen molar-refractivity contribution in [1.29, 1.82) is 0 Å². The quantitative estimate of drug-likeness (QED) is 0.337. The summed E-state index contributed by atoms with van der Waals surface area (Å²) in [7, 11) is -2.04. The Morgan fingerprint density at radius 2 is 1.00 bits per heavy atom. The van der Waals surface area contributed by atoms with Crippen LogP contribution in [-0.4, -0.2) is 45.2 Å². The molecule has 0 rings (SSSR count). The van der Waals surface area contributed by atoms with Gasteiger partial charge in [0.05, 0.1) is 0 Å². The van der Waals surface area contributed by atoms with Crippen LogP contribution in [0.4, 0.5) is 0 Å². The fourth-order valence-corrected chi connectivity index (χ4v) is 6.24. The monoisotopic (exact) mass is 320 g/mol. The molecule has 0 aliphatic carbocycles.